The van der Waals surface area contributed by atoms with Crippen LogP contribution in [0.15, 0.2) is 29.2 Å². The average Bonchev–Trinajstić information content (AvgIpc) is 2.47. The van der Waals surface area contributed by atoms with E-state index >= 15 is 0 Å². The Balaban J connectivity index is 2.11. The molecule has 0 N–H and O–H groups in total. The predicted octanol–water partition coefficient (Wildman–Crippen LogP) is 2.14. The lowest BCUT2D eigenvalue weighted by molar-refractivity contribution is 0.154. The third kappa shape index (κ3) is 3.34. The number of nitrogens with zero attached hydrogens (tertiary/aromatic N) is 2. The Morgan fingerprint density at radius 2 is 1.65 bits per heavy atom. The van der Waals surface area contributed by atoms with Crippen LogP contribution in [0.1, 0.15) is 19.4 Å². The zero-order valence-corrected chi connectivity index (χ0v) is 13.5. The first kappa shape index (κ1) is 15.8. The molecule has 1 aliphatic heterocycles. The molecule has 0 spiro atoms. The van der Waals surface area contributed by atoms with Crippen molar-refractivity contribution in [3.63, 3.8) is 0 Å². The maximum absolute atomic E-state index is 12.5. The summed E-state index contributed by atoms with van der Waals surface area (Å²) in [4.78, 5) is 2.65. The van der Waals surface area contributed by atoms with Crippen LogP contribution in [0, 0.1) is 0 Å². The minimum atomic E-state index is -3.37. The van der Waals surface area contributed by atoms with E-state index in [4.69, 9.17) is 11.6 Å². The van der Waals surface area contributed by atoms with Crippen LogP contribution in [0.4, 0.5) is 0 Å². The fourth-order valence-corrected chi connectivity index (χ4v) is 3.96. The maximum Gasteiger partial charge on any atom is 0.243 e. The molecule has 112 valence electrons. The third-order valence-corrected chi connectivity index (χ3v) is 5.94. The minimum Gasteiger partial charge on any atom is -0.298 e. The fraction of sp³-hybridized carbons (Fsp3) is 0.571. The Morgan fingerprint density at radius 3 is 2.10 bits per heavy atom. The third-order valence-electron chi connectivity index (χ3n) is 3.72. The van der Waals surface area contributed by atoms with E-state index in [2.05, 4.69) is 18.7 Å². The summed E-state index contributed by atoms with van der Waals surface area (Å²) in [7, 11) is -3.37. The molecule has 20 heavy (non-hydrogen) atoms. The Bertz CT molecular complexity index is 535. The zero-order valence-electron chi connectivity index (χ0n) is 11.9. The van der Waals surface area contributed by atoms with Gasteiger partial charge in [-0.05, 0) is 31.5 Å². The second kappa shape index (κ2) is 6.43. The van der Waals surface area contributed by atoms with E-state index in [1.165, 1.54) is 0 Å². The van der Waals surface area contributed by atoms with Crippen molar-refractivity contribution >= 4 is 21.6 Å². The molecule has 1 fully saturated rings. The van der Waals surface area contributed by atoms with Gasteiger partial charge in [0.15, 0.2) is 0 Å². The molecule has 1 heterocycles. The van der Waals surface area contributed by atoms with Gasteiger partial charge in [0, 0.05) is 38.1 Å². The van der Waals surface area contributed by atoms with E-state index in [0.717, 1.165) is 18.7 Å². The SMILES string of the molecule is CC(C)N1CCN(S(=O)(=O)c2ccc(CCl)cc2)CC1. The van der Waals surface area contributed by atoms with E-state index in [1.54, 1.807) is 28.6 Å². The van der Waals surface area contributed by atoms with Gasteiger partial charge in [0.05, 0.1) is 4.90 Å². The van der Waals surface area contributed by atoms with Crippen LogP contribution in [0.3, 0.4) is 0 Å². The fourth-order valence-electron chi connectivity index (χ4n) is 2.36. The Morgan fingerprint density at radius 1 is 1.10 bits per heavy atom. The molecule has 0 radical (unpaired) electrons. The summed E-state index contributed by atoms with van der Waals surface area (Å²) in [5, 5.41) is 0. The summed E-state index contributed by atoms with van der Waals surface area (Å²) in [5.74, 6) is 0.396. The molecule has 0 atom stereocenters. The van der Waals surface area contributed by atoms with E-state index in [-0.39, 0.29) is 0 Å². The first-order valence-corrected chi connectivity index (χ1v) is 8.81. The second-order valence-electron chi connectivity index (χ2n) is 5.31. The number of piperazine rings is 1. The molecule has 1 saturated heterocycles. The van der Waals surface area contributed by atoms with Crippen LogP contribution in [-0.4, -0.2) is 49.8 Å². The molecule has 0 amide bonds. The van der Waals surface area contributed by atoms with Crippen LogP contribution >= 0.6 is 11.6 Å². The van der Waals surface area contributed by atoms with Gasteiger partial charge in [0.1, 0.15) is 0 Å². The topological polar surface area (TPSA) is 40.6 Å². The van der Waals surface area contributed by atoms with Crippen LogP contribution in [0.5, 0.6) is 0 Å². The number of alkyl halides is 1. The standard InChI is InChI=1S/C14H21ClN2O2S/c1-12(2)16-7-9-17(10-8-16)20(18,19)14-5-3-13(11-15)4-6-14/h3-6,12H,7-11H2,1-2H3. The van der Waals surface area contributed by atoms with Gasteiger partial charge in [-0.2, -0.15) is 4.31 Å². The lowest BCUT2D eigenvalue weighted by Gasteiger charge is -2.36. The summed E-state index contributed by atoms with van der Waals surface area (Å²) in [6, 6.07) is 7.28. The summed E-state index contributed by atoms with van der Waals surface area (Å²) < 4.78 is 26.6. The van der Waals surface area contributed by atoms with Crippen LogP contribution in [0.2, 0.25) is 0 Å². The van der Waals surface area contributed by atoms with Crippen molar-refractivity contribution in [3.8, 4) is 0 Å². The maximum atomic E-state index is 12.5. The molecule has 0 aromatic heterocycles. The molecule has 2 rings (SSSR count). The largest absolute Gasteiger partial charge is 0.298 e. The van der Waals surface area contributed by atoms with E-state index < -0.39 is 10.0 Å². The van der Waals surface area contributed by atoms with Crippen molar-refractivity contribution in [1.29, 1.82) is 0 Å². The second-order valence-corrected chi connectivity index (χ2v) is 7.52. The Labute approximate surface area is 126 Å². The van der Waals surface area contributed by atoms with Crippen molar-refractivity contribution in [2.75, 3.05) is 26.2 Å². The Hall–Kier alpha value is -0.620. The van der Waals surface area contributed by atoms with Gasteiger partial charge in [-0.3, -0.25) is 4.90 Å². The number of hydrogen-bond acceptors (Lipinski definition) is 3. The summed E-state index contributed by atoms with van der Waals surface area (Å²) in [5.41, 5.74) is 0.926. The molecule has 1 aliphatic rings. The Kier molecular flexibility index (Phi) is 5.07. The normalized spacial score (nSPS) is 18.6. The van der Waals surface area contributed by atoms with Crippen molar-refractivity contribution in [1.82, 2.24) is 9.21 Å². The minimum absolute atomic E-state index is 0.351. The smallest absolute Gasteiger partial charge is 0.243 e. The van der Waals surface area contributed by atoms with Crippen LogP contribution < -0.4 is 0 Å². The van der Waals surface area contributed by atoms with E-state index in [9.17, 15) is 8.42 Å². The van der Waals surface area contributed by atoms with E-state index in [1.807, 2.05) is 0 Å². The van der Waals surface area contributed by atoms with Crippen molar-refractivity contribution in [3.05, 3.63) is 29.8 Å². The molecule has 0 saturated carbocycles. The number of halogens is 1. The molecule has 0 unspecified atom stereocenters. The molecule has 0 bridgehead atoms. The molecule has 1 aromatic rings. The first-order chi connectivity index (χ1) is 9.45. The summed E-state index contributed by atoms with van der Waals surface area (Å²) >= 11 is 5.72. The zero-order chi connectivity index (χ0) is 14.8. The lowest BCUT2D eigenvalue weighted by atomic mass is 10.2. The van der Waals surface area contributed by atoms with Crippen molar-refractivity contribution in [2.45, 2.75) is 30.7 Å². The molecule has 4 nitrogen and oxygen atoms in total. The molecule has 1 aromatic carbocycles. The van der Waals surface area contributed by atoms with Gasteiger partial charge in [0.25, 0.3) is 0 Å². The van der Waals surface area contributed by atoms with Gasteiger partial charge in [-0.1, -0.05) is 12.1 Å². The van der Waals surface area contributed by atoms with Crippen LogP contribution in [-0.2, 0) is 15.9 Å². The van der Waals surface area contributed by atoms with Gasteiger partial charge < -0.3 is 0 Å². The highest BCUT2D eigenvalue weighted by molar-refractivity contribution is 7.89. The molecule has 6 heteroatoms. The predicted molar refractivity (Wildman–Crippen MR) is 81.5 cm³/mol. The monoisotopic (exact) mass is 316 g/mol. The first-order valence-electron chi connectivity index (χ1n) is 6.84. The highest BCUT2D eigenvalue weighted by atomic mass is 35.5. The van der Waals surface area contributed by atoms with Crippen LogP contribution in [0.25, 0.3) is 0 Å². The number of benzene rings is 1. The molecular weight excluding hydrogens is 296 g/mol. The highest BCUT2D eigenvalue weighted by Crippen LogP contribution is 2.19. The highest BCUT2D eigenvalue weighted by Gasteiger charge is 2.28. The summed E-state index contributed by atoms with van der Waals surface area (Å²) in [6.07, 6.45) is 0. The van der Waals surface area contributed by atoms with Crippen molar-refractivity contribution in [2.24, 2.45) is 0 Å². The van der Waals surface area contributed by atoms with Gasteiger partial charge in [-0.25, -0.2) is 8.42 Å². The van der Waals surface area contributed by atoms with Gasteiger partial charge in [-0.15, -0.1) is 11.6 Å². The molecular formula is C14H21ClN2O2S. The van der Waals surface area contributed by atoms with Gasteiger partial charge in [0.2, 0.25) is 10.0 Å². The van der Waals surface area contributed by atoms with Gasteiger partial charge >= 0.3 is 0 Å². The number of rotatable bonds is 4. The number of sulfonamides is 1. The number of hydrogen-bond donors (Lipinski definition) is 0. The lowest BCUT2D eigenvalue weighted by Crippen LogP contribution is -2.50. The average molecular weight is 317 g/mol. The molecule has 0 aliphatic carbocycles. The quantitative estimate of drug-likeness (QED) is 0.799. The van der Waals surface area contributed by atoms with Crippen molar-refractivity contribution < 1.29 is 8.42 Å². The summed E-state index contributed by atoms with van der Waals surface area (Å²) in [6.45, 7) is 6.95. The van der Waals surface area contributed by atoms with E-state index in [0.29, 0.717) is 29.9 Å².